The lowest BCUT2D eigenvalue weighted by Crippen LogP contribution is -2.61. The maximum Gasteiger partial charge on any atom is 0.414 e. The number of hydrogen-bond donors (Lipinski definition) is 2. The second kappa shape index (κ2) is 7.02. The molecule has 0 saturated carbocycles. The summed E-state index contributed by atoms with van der Waals surface area (Å²) in [5.74, 6) is 0.412. The van der Waals surface area contributed by atoms with Gasteiger partial charge in [-0.1, -0.05) is 29.8 Å². The molecule has 1 atom stereocenters. The van der Waals surface area contributed by atoms with Crippen LogP contribution in [0, 0.1) is 0 Å². The Morgan fingerprint density at radius 1 is 1.37 bits per heavy atom. The van der Waals surface area contributed by atoms with Crippen molar-refractivity contribution in [2.45, 2.75) is 13.0 Å². The number of rotatable bonds is 4. The number of fused-ring (bicyclic) bond motifs is 1. The molecule has 0 radical (unpaired) electrons. The number of urea groups is 1. The standard InChI is InChI=1S/C18H20N6O3/c1-5-10-24-14-15(22(3)18(27)23(4)16(14)26)19-17(24)21-20-11(2)12-8-6-7-9-13(12)25/h5-9,14H,1,10H2,2-4H3,(H,20,25)/p+1. The van der Waals surface area contributed by atoms with Gasteiger partial charge in [0.05, 0.1) is 12.3 Å². The minimum atomic E-state index is -0.723. The molecule has 1 aromatic carbocycles. The third kappa shape index (κ3) is 3.07. The molecular formula is C18H21N6O3+. The summed E-state index contributed by atoms with van der Waals surface area (Å²) in [6.07, 6.45) is 1.64. The molecule has 2 heterocycles. The number of guanidine groups is 1. The molecule has 2 aliphatic heterocycles. The van der Waals surface area contributed by atoms with E-state index in [2.05, 4.69) is 22.1 Å². The van der Waals surface area contributed by atoms with Crippen LogP contribution in [0.1, 0.15) is 12.5 Å². The normalized spacial score (nSPS) is 20.0. The van der Waals surface area contributed by atoms with Crippen molar-refractivity contribution in [2.75, 3.05) is 20.6 Å². The van der Waals surface area contributed by atoms with Gasteiger partial charge in [0.2, 0.25) is 11.9 Å². The van der Waals surface area contributed by atoms with E-state index in [1.54, 1.807) is 48.9 Å². The number of aromatic hydroxyl groups is 1. The van der Waals surface area contributed by atoms with E-state index in [1.165, 1.54) is 11.9 Å². The van der Waals surface area contributed by atoms with Crippen molar-refractivity contribution in [3.8, 4) is 5.75 Å². The highest BCUT2D eigenvalue weighted by molar-refractivity contribution is 6.22. The molecule has 1 aromatic rings. The van der Waals surface area contributed by atoms with Gasteiger partial charge in [-0.25, -0.2) is 9.37 Å². The second-order valence-electron chi connectivity index (χ2n) is 6.20. The molecule has 0 aromatic heterocycles. The zero-order valence-corrected chi connectivity index (χ0v) is 15.4. The minimum absolute atomic E-state index is 0.113. The van der Waals surface area contributed by atoms with E-state index in [0.29, 0.717) is 29.6 Å². The SMILES string of the molecule is C=CC[N+]1=C(N/N=C(\C)c2ccccc2O)N=C2C1C(=O)N(C)C(=O)N2C. The average Bonchev–Trinajstić information content (AvgIpc) is 3.02. The lowest BCUT2D eigenvalue weighted by atomic mass is 10.1. The van der Waals surface area contributed by atoms with Crippen LogP contribution in [-0.4, -0.2) is 75.6 Å². The molecule has 1 unspecified atom stereocenters. The smallest absolute Gasteiger partial charge is 0.414 e. The van der Waals surface area contributed by atoms with Gasteiger partial charge >= 0.3 is 12.0 Å². The number of amides is 3. The first-order valence-electron chi connectivity index (χ1n) is 8.33. The number of nitrogens with zero attached hydrogens (tertiary/aromatic N) is 5. The van der Waals surface area contributed by atoms with Gasteiger partial charge in [-0.3, -0.25) is 14.6 Å². The number of phenolic OH excluding ortho intramolecular Hbond substituents is 1. The summed E-state index contributed by atoms with van der Waals surface area (Å²) in [7, 11) is 3.01. The molecule has 0 spiro atoms. The Balaban J connectivity index is 1.96. The predicted octanol–water partition coefficient (Wildman–Crippen LogP) is 0.565. The molecule has 2 N–H and O–H groups in total. The highest BCUT2D eigenvalue weighted by atomic mass is 16.3. The summed E-state index contributed by atoms with van der Waals surface area (Å²) in [5.41, 5.74) is 3.96. The van der Waals surface area contributed by atoms with Crippen LogP contribution < -0.4 is 5.43 Å². The van der Waals surface area contributed by atoms with E-state index in [4.69, 9.17) is 0 Å². The van der Waals surface area contributed by atoms with Gasteiger partial charge in [0, 0.05) is 19.7 Å². The molecule has 9 nitrogen and oxygen atoms in total. The van der Waals surface area contributed by atoms with Crippen LogP contribution in [0.3, 0.4) is 0 Å². The van der Waals surface area contributed by atoms with Gasteiger partial charge in [-0.2, -0.15) is 5.43 Å². The maximum absolute atomic E-state index is 12.6. The maximum atomic E-state index is 12.6. The number of para-hydroxylation sites is 1. The van der Waals surface area contributed by atoms with Gasteiger partial charge in [0.25, 0.3) is 5.91 Å². The lowest BCUT2D eigenvalue weighted by Gasteiger charge is -2.31. The van der Waals surface area contributed by atoms with Gasteiger partial charge < -0.3 is 5.11 Å². The van der Waals surface area contributed by atoms with E-state index in [-0.39, 0.29) is 11.7 Å². The number of imide groups is 1. The Morgan fingerprint density at radius 3 is 2.74 bits per heavy atom. The van der Waals surface area contributed by atoms with Crippen molar-refractivity contribution in [1.29, 1.82) is 0 Å². The summed E-state index contributed by atoms with van der Waals surface area (Å²) >= 11 is 0. The van der Waals surface area contributed by atoms with Crippen LogP contribution >= 0.6 is 0 Å². The van der Waals surface area contributed by atoms with E-state index in [9.17, 15) is 14.7 Å². The summed E-state index contributed by atoms with van der Waals surface area (Å²) in [6.45, 7) is 5.80. The largest absolute Gasteiger partial charge is 0.507 e. The van der Waals surface area contributed by atoms with Crippen molar-refractivity contribution in [2.24, 2.45) is 10.1 Å². The lowest BCUT2D eigenvalue weighted by molar-refractivity contribution is -0.527. The summed E-state index contributed by atoms with van der Waals surface area (Å²) in [6, 6.07) is 5.67. The van der Waals surface area contributed by atoms with E-state index in [1.807, 2.05) is 0 Å². The molecule has 9 heteroatoms. The topological polar surface area (TPSA) is 101 Å². The number of benzene rings is 1. The number of nitrogens with one attached hydrogen (secondary N) is 1. The number of phenols is 1. The molecule has 140 valence electrons. The number of hydrazone groups is 1. The molecule has 27 heavy (non-hydrogen) atoms. The van der Waals surface area contributed by atoms with Gasteiger partial charge in [-0.05, 0) is 19.1 Å². The fourth-order valence-electron chi connectivity index (χ4n) is 2.99. The molecule has 3 rings (SSSR count). The van der Waals surface area contributed by atoms with E-state index >= 15 is 0 Å². The Morgan fingerprint density at radius 2 is 2.07 bits per heavy atom. The molecule has 0 aliphatic carbocycles. The van der Waals surface area contributed by atoms with Crippen molar-refractivity contribution in [1.82, 2.24) is 15.2 Å². The van der Waals surface area contributed by atoms with Crippen molar-refractivity contribution in [3.05, 3.63) is 42.5 Å². The number of hydrogen-bond acceptors (Lipinski definition) is 6. The first-order valence-corrected chi connectivity index (χ1v) is 8.33. The predicted molar refractivity (Wildman–Crippen MR) is 101 cm³/mol. The minimum Gasteiger partial charge on any atom is -0.507 e. The van der Waals surface area contributed by atoms with Crippen molar-refractivity contribution >= 4 is 29.4 Å². The Labute approximate surface area is 156 Å². The molecule has 2 aliphatic rings. The summed E-state index contributed by atoms with van der Waals surface area (Å²) in [4.78, 5) is 31.6. The number of carbonyl (C=O) groups is 2. The van der Waals surface area contributed by atoms with Crippen molar-refractivity contribution in [3.63, 3.8) is 0 Å². The summed E-state index contributed by atoms with van der Waals surface area (Å²) in [5, 5.41) is 14.2. The molecule has 3 amide bonds. The van der Waals surface area contributed by atoms with Crippen LogP contribution in [0.2, 0.25) is 0 Å². The zero-order chi connectivity index (χ0) is 19.7. The fraction of sp³-hybridized carbons (Fsp3) is 0.278. The van der Waals surface area contributed by atoms with Crippen LogP contribution in [0.4, 0.5) is 4.79 Å². The molecule has 1 saturated heterocycles. The first-order chi connectivity index (χ1) is 12.9. The van der Waals surface area contributed by atoms with Crippen LogP contribution in [0.5, 0.6) is 5.75 Å². The van der Waals surface area contributed by atoms with E-state index < -0.39 is 12.1 Å². The highest BCUT2D eigenvalue weighted by Gasteiger charge is 2.51. The van der Waals surface area contributed by atoms with Crippen LogP contribution in [-0.2, 0) is 4.79 Å². The average molecular weight is 369 g/mol. The number of likely N-dealkylation sites (N-methyl/N-ethyl adjacent to an activating group) is 2. The Kier molecular flexibility index (Phi) is 4.76. The fourth-order valence-corrected chi connectivity index (χ4v) is 2.99. The van der Waals surface area contributed by atoms with Crippen LogP contribution in [0.15, 0.2) is 47.0 Å². The monoisotopic (exact) mass is 369 g/mol. The highest BCUT2D eigenvalue weighted by Crippen LogP contribution is 2.19. The third-order valence-corrected chi connectivity index (χ3v) is 4.47. The van der Waals surface area contributed by atoms with Gasteiger partial charge in [0.15, 0.2) is 0 Å². The molecule has 0 bridgehead atoms. The molecular weight excluding hydrogens is 348 g/mol. The first kappa shape index (κ1) is 18.3. The Bertz CT molecular complexity index is 917. The zero-order valence-electron chi connectivity index (χ0n) is 15.4. The van der Waals surface area contributed by atoms with Gasteiger partial charge in [-0.15, -0.1) is 5.10 Å². The summed E-state index contributed by atoms with van der Waals surface area (Å²) < 4.78 is 1.69. The molecule has 1 fully saturated rings. The van der Waals surface area contributed by atoms with Crippen molar-refractivity contribution < 1.29 is 19.3 Å². The number of amidine groups is 1. The van der Waals surface area contributed by atoms with E-state index in [0.717, 1.165) is 4.90 Å². The third-order valence-electron chi connectivity index (χ3n) is 4.47. The van der Waals surface area contributed by atoms with Crippen LogP contribution in [0.25, 0.3) is 0 Å². The second-order valence-corrected chi connectivity index (χ2v) is 6.20. The Hall–Kier alpha value is -3.49. The number of carbonyl (C=O) groups excluding carboxylic acids is 2. The number of aliphatic imine (C=N–C) groups is 1. The quantitative estimate of drug-likeness (QED) is 0.351. The van der Waals surface area contributed by atoms with Gasteiger partial charge in [0.1, 0.15) is 5.75 Å².